The largest absolute Gasteiger partial charge is 0.360 e. The number of aromatic nitrogens is 1. The molecule has 3 fully saturated rings. The Morgan fingerprint density at radius 2 is 2.12 bits per heavy atom. The zero-order chi connectivity index (χ0) is 23.4. The molecule has 0 unspecified atom stereocenters. The number of hydrogen-bond acceptors (Lipinski definition) is 7. The summed E-state index contributed by atoms with van der Waals surface area (Å²) < 4.78 is 11.4. The van der Waals surface area contributed by atoms with E-state index >= 15 is 0 Å². The van der Waals surface area contributed by atoms with Crippen molar-refractivity contribution < 1.29 is 23.6 Å². The van der Waals surface area contributed by atoms with Crippen LogP contribution in [0.4, 0.5) is 5.82 Å². The minimum Gasteiger partial charge on any atom is -0.360 e. The second-order valence-electron chi connectivity index (χ2n) is 9.55. The van der Waals surface area contributed by atoms with Crippen molar-refractivity contribution in [2.45, 2.75) is 62.9 Å². The molecule has 5 atom stereocenters. The molecule has 34 heavy (non-hydrogen) atoms. The van der Waals surface area contributed by atoms with E-state index < -0.39 is 29.6 Å². The van der Waals surface area contributed by atoms with Gasteiger partial charge in [-0.3, -0.25) is 14.4 Å². The minimum atomic E-state index is -1.16. The van der Waals surface area contributed by atoms with E-state index in [1.807, 2.05) is 29.7 Å². The average Bonchev–Trinajstić information content (AvgIpc) is 3.62. The number of anilines is 1. The summed E-state index contributed by atoms with van der Waals surface area (Å²) in [4.78, 5) is 43.4. The summed E-state index contributed by atoms with van der Waals surface area (Å²) in [5.41, 5.74) is -1.16. The SMILES string of the molecule is Cc1cc(NC(=O)[C@H]2[C@H]3C(=O)N(Cc4cccs4)[C@@H](C(=O)NC4CCCC4)[C@@]34C=C[C@H]2O4)no1. The van der Waals surface area contributed by atoms with Gasteiger partial charge < -0.3 is 24.8 Å². The van der Waals surface area contributed by atoms with Crippen LogP contribution >= 0.6 is 11.3 Å². The molecule has 2 N–H and O–H groups in total. The van der Waals surface area contributed by atoms with Crippen LogP contribution in [0.1, 0.15) is 36.3 Å². The van der Waals surface area contributed by atoms with Gasteiger partial charge in [-0.15, -0.1) is 11.3 Å². The molecule has 9 nitrogen and oxygen atoms in total. The van der Waals surface area contributed by atoms with Crippen LogP contribution in [-0.4, -0.2) is 51.6 Å². The molecule has 6 rings (SSSR count). The monoisotopic (exact) mass is 482 g/mol. The standard InChI is InChI=1S/C24H26N4O5S/c1-13-11-17(27-33-13)26-21(29)18-16-8-9-24(32-16)19(18)23(31)28(12-15-7-4-10-34-15)20(24)22(30)25-14-5-2-3-6-14/h4,7-11,14,16,18-20H,2-3,5-6,12H2,1H3,(H,25,30)(H,26,27,29)/t16-,18-,19+,20+,24-/m1/s1. The number of carbonyl (C=O) groups excluding carboxylic acids is 3. The number of fused-ring (bicyclic) bond motifs is 1. The van der Waals surface area contributed by atoms with Crippen molar-refractivity contribution in [3.05, 3.63) is 46.4 Å². The fourth-order valence-corrected chi connectivity index (χ4v) is 6.70. The smallest absolute Gasteiger partial charge is 0.246 e. The lowest BCUT2D eigenvalue weighted by molar-refractivity contribution is -0.142. The van der Waals surface area contributed by atoms with Crippen LogP contribution in [0.2, 0.25) is 0 Å². The molecule has 1 spiro atoms. The predicted molar refractivity (Wildman–Crippen MR) is 123 cm³/mol. The molecule has 3 amide bonds. The van der Waals surface area contributed by atoms with Gasteiger partial charge in [0.1, 0.15) is 17.4 Å². The molecular formula is C24H26N4O5S. The van der Waals surface area contributed by atoms with Gasteiger partial charge >= 0.3 is 0 Å². The van der Waals surface area contributed by atoms with Crippen molar-refractivity contribution >= 4 is 34.9 Å². The predicted octanol–water partition coefficient (Wildman–Crippen LogP) is 2.39. The van der Waals surface area contributed by atoms with Gasteiger partial charge in [-0.2, -0.15) is 0 Å². The van der Waals surface area contributed by atoms with E-state index in [2.05, 4.69) is 15.8 Å². The van der Waals surface area contributed by atoms with Gasteiger partial charge in [0.25, 0.3) is 0 Å². The Morgan fingerprint density at radius 3 is 2.82 bits per heavy atom. The summed E-state index contributed by atoms with van der Waals surface area (Å²) in [7, 11) is 0. The first-order valence-corrected chi connectivity index (χ1v) is 12.6. The number of hydrogen-bond donors (Lipinski definition) is 2. The molecule has 10 heteroatoms. The number of aryl methyl sites for hydroxylation is 1. The van der Waals surface area contributed by atoms with Crippen molar-refractivity contribution in [2.24, 2.45) is 11.8 Å². The van der Waals surface area contributed by atoms with Crippen LogP contribution in [0.5, 0.6) is 0 Å². The van der Waals surface area contributed by atoms with Gasteiger partial charge in [-0.1, -0.05) is 36.2 Å². The van der Waals surface area contributed by atoms with Crippen LogP contribution in [0.25, 0.3) is 0 Å². The van der Waals surface area contributed by atoms with Crippen LogP contribution in [0, 0.1) is 18.8 Å². The van der Waals surface area contributed by atoms with E-state index in [0.29, 0.717) is 18.1 Å². The summed E-state index contributed by atoms with van der Waals surface area (Å²) in [6, 6.07) is 4.76. The van der Waals surface area contributed by atoms with Crippen LogP contribution in [-0.2, 0) is 25.7 Å². The molecule has 2 aromatic rings. The Hall–Kier alpha value is -2.98. The first-order chi connectivity index (χ1) is 16.5. The number of thiophene rings is 1. The van der Waals surface area contributed by atoms with Crippen molar-refractivity contribution in [1.29, 1.82) is 0 Å². The summed E-state index contributed by atoms with van der Waals surface area (Å²) in [6.45, 7) is 2.04. The fraction of sp³-hybridized carbons (Fsp3) is 0.500. The topological polar surface area (TPSA) is 114 Å². The third-order valence-electron chi connectivity index (χ3n) is 7.41. The molecule has 5 heterocycles. The maximum Gasteiger partial charge on any atom is 0.246 e. The van der Waals surface area contributed by atoms with Crippen molar-refractivity contribution in [3.8, 4) is 0 Å². The molecule has 178 valence electrons. The third kappa shape index (κ3) is 3.31. The second-order valence-corrected chi connectivity index (χ2v) is 10.6. The molecule has 0 aromatic carbocycles. The Kier molecular flexibility index (Phi) is 5.11. The highest BCUT2D eigenvalue weighted by Crippen LogP contribution is 2.55. The molecule has 2 aromatic heterocycles. The summed E-state index contributed by atoms with van der Waals surface area (Å²) in [5, 5.41) is 11.7. The van der Waals surface area contributed by atoms with E-state index in [9.17, 15) is 14.4 Å². The lowest BCUT2D eigenvalue weighted by atomic mass is 9.74. The van der Waals surface area contributed by atoms with Crippen molar-refractivity contribution in [2.75, 3.05) is 5.32 Å². The minimum absolute atomic E-state index is 0.110. The maximum atomic E-state index is 13.8. The van der Waals surface area contributed by atoms with Crippen LogP contribution in [0.15, 0.2) is 40.3 Å². The fourth-order valence-electron chi connectivity index (χ4n) is 5.99. The number of nitrogens with zero attached hydrogens (tertiary/aromatic N) is 2. The zero-order valence-electron chi connectivity index (χ0n) is 18.7. The normalized spacial score (nSPS) is 31.9. The van der Waals surface area contributed by atoms with Crippen LogP contribution in [0.3, 0.4) is 0 Å². The van der Waals surface area contributed by atoms with Gasteiger partial charge in [0.05, 0.1) is 24.5 Å². The Balaban J connectivity index is 1.33. The first-order valence-electron chi connectivity index (χ1n) is 11.7. The van der Waals surface area contributed by atoms with E-state index in [1.165, 1.54) is 11.3 Å². The lowest BCUT2D eigenvalue weighted by Gasteiger charge is -2.32. The number of likely N-dealkylation sites (tertiary alicyclic amines) is 1. The summed E-state index contributed by atoms with van der Waals surface area (Å²) >= 11 is 1.53. The third-order valence-corrected chi connectivity index (χ3v) is 8.27. The highest BCUT2D eigenvalue weighted by molar-refractivity contribution is 7.09. The van der Waals surface area contributed by atoms with Gasteiger partial charge in [-0.05, 0) is 31.2 Å². The van der Waals surface area contributed by atoms with Gasteiger partial charge in [0.2, 0.25) is 17.7 Å². The molecule has 2 saturated heterocycles. The van der Waals surface area contributed by atoms with Crippen LogP contribution < -0.4 is 10.6 Å². The molecule has 1 saturated carbocycles. The highest BCUT2D eigenvalue weighted by atomic mass is 32.1. The Bertz CT molecular complexity index is 1150. The number of amides is 3. The van der Waals surface area contributed by atoms with Gasteiger partial charge in [0, 0.05) is 17.0 Å². The van der Waals surface area contributed by atoms with E-state index in [1.54, 1.807) is 17.9 Å². The molecule has 4 aliphatic rings. The molecule has 3 aliphatic heterocycles. The molecule has 1 aliphatic carbocycles. The van der Waals surface area contributed by atoms with Gasteiger partial charge in [0.15, 0.2) is 5.82 Å². The number of nitrogens with one attached hydrogen (secondary N) is 2. The van der Waals surface area contributed by atoms with E-state index in [4.69, 9.17) is 9.26 Å². The van der Waals surface area contributed by atoms with Crippen molar-refractivity contribution in [3.63, 3.8) is 0 Å². The summed E-state index contributed by atoms with van der Waals surface area (Å²) in [6.07, 6.45) is 7.12. The first kappa shape index (κ1) is 21.5. The maximum absolute atomic E-state index is 13.8. The number of ether oxygens (including phenoxy) is 1. The molecule has 2 bridgehead atoms. The number of rotatable bonds is 6. The zero-order valence-corrected chi connectivity index (χ0v) is 19.5. The molecular weight excluding hydrogens is 456 g/mol. The second kappa shape index (κ2) is 8.06. The van der Waals surface area contributed by atoms with E-state index in [-0.39, 0.29) is 23.8 Å². The van der Waals surface area contributed by atoms with Gasteiger partial charge in [-0.25, -0.2) is 0 Å². The highest BCUT2D eigenvalue weighted by Gasteiger charge is 2.72. The van der Waals surface area contributed by atoms with Crippen molar-refractivity contribution in [1.82, 2.24) is 15.4 Å². The molecule has 0 radical (unpaired) electrons. The average molecular weight is 483 g/mol. The number of carbonyl (C=O) groups is 3. The summed E-state index contributed by atoms with van der Waals surface area (Å²) in [5.74, 6) is -1.49. The Morgan fingerprint density at radius 1 is 1.29 bits per heavy atom. The Labute approximate surface area is 200 Å². The quantitative estimate of drug-likeness (QED) is 0.612. The van der Waals surface area contributed by atoms with E-state index in [0.717, 1.165) is 30.6 Å². The lowest BCUT2D eigenvalue weighted by Crippen LogP contribution is -2.55.